The zero-order chi connectivity index (χ0) is 15.8. The van der Waals surface area contributed by atoms with E-state index in [2.05, 4.69) is 4.90 Å². The summed E-state index contributed by atoms with van der Waals surface area (Å²) in [6.45, 7) is 4.42. The van der Waals surface area contributed by atoms with Crippen molar-refractivity contribution in [3.8, 4) is 0 Å². The van der Waals surface area contributed by atoms with Gasteiger partial charge in [-0.2, -0.15) is 0 Å². The molecule has 0 radical (unpaired) electrons. The van der Waals surface area contributed by atoms with E-state index in [1.54, 1.807) is 0 Å². The second-order valence-electron chi connectivity index (χ2n) is 6.06. The Kier molecular flexibility index (Phi) is 6.65. The van der Waals surface area contributed by atoms with E-state index in [0.717, 1.165) is 24.1 Å². The minimum Gasteiger partial charge on any atom is -0.533 e. The lowest BCUT2D eigenvalue weighted by Gasteiger charge is -2.19. The molecule has 0 N–H and O–H groups in total. The number of likely N-dealkylation sites (tertiary alicyclic amines) is 1. The molecule has 0 aliphatic carbocycles. The van der Waals surface area contributed by atoms with Crippen LogP contribution in [0.25, 0.3) is 0 Å². The number of carbonyl (C=O) groups excluding carboxylic acids is 2. The number of ketones is 1. The van der Waals surface area contributed by atoms with Gasteiger partial charge < -0.3 is 4.65 Å². The van der Waals surface area contributed by atoms with Crippen LogP contribution in [0.4, 0.5) is 0 Å². The van der Waals surface area contributed by atoms with Crippen molar-refractivity contribution >= 4 is 24.6 Å². The predicted molar refractivity (Wildman–Crippen MR) is 88.4 cm³/mol. The lowest BCUT2D eigenvalue weighted by atomic mass is 9.57. The van der Waals surface area contributed by atoms with Crippen LogP contribution < -0.4 is 5.46 Å². The second kappa shape index (κ2) is 8.74. The zero-order valence-electron chi connectivity index (χ0n) is 13.3. The second-order valence-corrected chi connectivity index (χ2v) is 6.06. The number of Topliss-reactive ketones (excluding diaryl/α,β-unsaturated/α-hetero) is 1. The van der Waals surface area contributed by atoms with Crippen LogP contribution in [0.2, 0.25) is 6.32 Å². The molecule has 1 aromatic rings. The third kappa shape index (κ3) is 5.30. The Morgan fingerprint density at radius 2 is 1.82 bits per heavy atom. The maximum atomic E-state index is 12.3. The zero-order valence-corrected chi connectivity index (χ0v) is 13.3. The van der Waals surface area contributed by atoms with Crippen molar-refractivity contribution in [3.63, 3.8) is 0 Å². The maximum Gasteiger partial charge on any atom is 0.402 e. The van der Waals surface area contributed by atoms with Gasteiger partial charge in [-0.1, -0.05) is 42.7 Å². The summed E-state index contributed by atoms with van der Waals surface area (Å²) in [6.07, 6.45) is 5.09. The highest BCUT2D eigenvalue weighted by Gasteiger charge is 2.25. The number of hydrogen-bond donors (Lipinski definition) is 0. The normalized spacial score (nSPS) is 15.9. The first-order valence-electron chi connectivity index (χ1n) is 8.09. The fourth-order valence-corrected chi connectivity index (χ4v) is 2.91. The molecule has 1 saturated heterocycles. The molecule has 1 aromatic carbocycles. The van der Waals surface area contributed by atoms with Gasteiger partial charge in [-0.05, 0) is 38.3 Å². The lowest BCUT2D eigenvalue weighted by Crippen LogP contribution is -2.39. The van der Waals surface area contributed by atoms with E-state index in [1.165, 1.54) is 25.7 Å². The van der Waals surface area contributed by atoms with Crippen molar-refractivity contribution in [1.82, 2.24) is 4.90 Å². The first-order chi connectivity index (χ1) is 10.7. The Balaban J connectivity index is 1.93. The van der Waals surface area contributed by atoms with Crippen molar-refractivity contribution < 1.29 is 14.2 Å². The molecule has 0 unspecified atom stereocenters. The minimum absolute atomic E-state index is 0.134. The monoisotopic (exact) mass is 301 g/mol. The number of benzene rings is 1. The standard InChI is InChI=1S/C17H24BNO3/c1-15-6-8-16(9-7-15)18(22-14-20)12-17(21)13-19-10-4-2-3-5-11-19/h6-9,14H,2-5,10-13H2,1H3. The van der Waals surface area contributed by atoms with E-state index >= 15 is 0 Å². The highest BCUT2D eigenvalue weighted by molar-refractivity contribution is 6.71. The number of rotatable bonds is 7. The van der Waals surface area contributed by atoms with Gasteiger partial charge in [0.05, 0.1) is 6.54 Å². The van der Waals surface area contributed by atoms with Gasteiger partial charge in [-0.15, -0.1) is 0 Å². The molecule has 0 amide bonds. The van der Waals surface area contributed by atoms with Crippen LogP contribution in [0.1, 0.15) is 31.2 Å². The predicted octanol–water partition coefficient (Wildman–Crippen LogP) is 1.81. The summed E-state index contributed by atoms with van der Waals surface area (Å²) in [6, 6.07) is 7.77. The fourth-order valence-electron chi connectivity index (χ4n) is 2.91. The summed E-state index contributed by atoms with van der Waals surface area (Å²) in [5.41, 5.74) is 2.02. The largest absolute Gasteiger partial charge is 0.533 e. The molecule has 5 heteroatoms. The smallest absolute Gasteiger partial charge is 0.402 e. The highest BCUT2D eigenvalue weighted by atomic mass is 16.5. The van der Waals surface area contributed by atoms with E-state index in [-0.39, 0.29) is 12.1 Å². The van der Waals surface area contributed by atoms with Crippen LogP contribution in [0, 0.1) is 6.92 Å². The first kappa shape index (κ1) is 16.8. The summed E-state index contributed by atoms with van der Waals surface area (Å²) in [4.78, 5) is 25.3. The molecule has 118 valence electrons. The minimum atomic E-state index is -0.474. The van der Waals surface area contributed by atoms with E-state index in [1.807, 2.05) is 31.2 Å². The van der Waals surface area contributed by atoms with E-state index in [0.29, 0.717) is 13.0 Å². The van der Waals surface area contributed by atoms with Gasteiger partial charge >= 0.3 is 6.92 Å². The summed E-state index contributed by atoms with van der Waals surface area (Å²) in [7, 11) is 0. The average Bonchev–Trinajstić information content (AvgIpc) is 2.76. The molecule has 1 heterocycles. The van der Waals surface area contributed by atoms with Gasteiger partial charge in [0.25, 0.3) is 6.47 Å². The Hall–Kier alpha value is -1.62. The topological polar surface area (TPSA) is 46.6 Å². The van der Waals surface area contributed by atoms with E-state index in [4.69, 9.17) is 4.65 Å². The molecule has 1 fully saturated rings. The van der Waals surface area contributed by atoms with Gasteiger partial charge in [0, 0.05) is 6.32 Å². The Morgan fingerprint density at radius 1 is 1.18 bits per heavy atom. The maximum absolute atomic E-state index is 12.3. The van der Waals surface area contributed by atoms with Crippen LogP contribution in [-0.4, -0.2) is 43.7 Å². The molecule has 0 bridgehead atoms. The highest BCUT2D eigenvalue weighted by Crippen LogP contribution is 2.10. The van der Waals surface area contributed by atoms with Crippen molar-refractivity contribution in [2.75, 3.05) is 19.6 Å². The van der Waals surface area contributed by atoms with Gasteiger partial charge in [0.2, 0.25) is 0 Å². The van der Waals surface area contributed by atoms with Crippen LogP contribution in [-0.2, 0) is 14.2 Å². The number of hydrogen-bond acceptors (Lipinski definition) is 4. The number of aryl methyl sites for hydroxylation is 1. The van der Waals surface area contributed by atoms with Crippen LogP contribution in [0.5, 0.6) is 0 Å². The molecule has 22 heavy (non-hydrogen) atoms. The fraction of sp³-hybridized carbons (Fsp3) is 0.529. The summed E-state index contributed by atoms with van der Waals surface area (Å²) < 4.78 is 5.13. The average molecular weight is 301 g/mol. The van der Waals surface area contributed by atoms with Gasteiger partial charge in [-0.25, -0.2) is 0 Å². The Bertz CT molecular complexity index is 481. The lowest BCUT2D eigenvalue weighted by molar-refractivity contribution is -0.121. The van der Waals surface area contributed by atoms with Gasteiger partial charge in [-0.3, -0.25) is 14.5 Å². The van der Waals surface area contributed by atoms with Crippen LogP contribution in [0.3, 0.4) is 0 Å². The molecule has 1 aliphatic heterocycles. The third-order valence-electron chi connectivity index (χ3n) is 4.18. The quantitative estimate of drug-likeness (QED) is 0.569. The van der Waals surface area contributed by atoms with Crippen molar-refractivity contribution in [1.29, 1.82) is 0 Å². The number of nitrogens with zero attached hydrogens (tertiary/aromatic N) is 1. The molecule has 0 spiro atoms. The molecule has 0 aromatic heterocycles. The van der Waals surface area contributed by atoms with Gasteiger partial charge in [0.15, 0.2) is 0 Å². The molecular formula is C17H24BNO3. The van der Waals surface area contributed by atoms with Crippen molar-refractivity contribution in [2.24, 2.45) is 0 Å². The van der Waals surface area contributed by atoms with Crippen LogP contribution >= 0.6 is 0 Å². The molecule has 0 saturated carbocycles. The SMILES string of the molecule is Cc1ccc(B(CC(=O)CN2CCCCCC2)OC=O)cc1. The molecular weight excluding hydrogens is 277 g/mol. The van der Waals surface area contributed by atoms with Crippen molar-refractivity contribution in [3.05, 3.63) is 29.8 Å². The van der Waals surface area contributed by atoms with E-state index in [9.17, 15) is 9.59 Å². The first-order valence-corrected chi connectivity index (χ1v) is 8.09. The number of carbonyl (C=O) groups is 2. The Labute approximate surface area is 132 Å². The van der Waals surface area contributed by atoms with E-state index < -0.39 is 6.92 Å². The van der Waals surface area contributed by atoms with Gasteiger partial charge in [0.1, 0.15) is 5.78 Å². The Morgan fingerprint density at radius 3 is 2.41 bits per heavy atom. The summed E-state index contributed by atoms with van der Waals surface area (Å²) in [5.74, 6) is 0.134. The summed E-state index contributed by atoms with van der Waals surface area (Å²) >= 11 is 0. The molecule has 0 atom stereocenters. The molecule has 2 rings (SSSR count). The third-order valence-corrected chi connectivity index (χ3v) is 4.18. The van der Waals surface area contributed by atoms with Crippen molar-refractivity contribution in [2.45, 2.75) is 38.9 Å². The molecule has 1 aliphatic rings. The van der Waals surface area contributed by atoms with Crippen LogP contribution in [0.15, 0.2) is 24.3 Å². The molecule has 4 nitrogen and oxygen atoms in total. The summed E-state index contributed by atoms with van der Waals surface area (Å²) in [5, 5.41) is 0.